The fourth-order valence-electron chi connectivity index (χ4n) is 10.3. The maximum Gasteiger partial charge on any atom is 0.397 e. The molecule has 1 aliphatic heterocycles. The molecule has 0 spiro atoms. The first kappa shape index (κ1) is 69.9. The van der Waals surface area contributed by atoms with Crippen molar-refractivity contribution < 1.29 is 51.8 Å². The topological polar surface area (TPSA) is 192 Å². The maximum absolute atomic E-state index is 13.2. The van der Waals surface area contributed by atoms with Crippen LogP contribution in [-0.4, -0.2) is 95.4 Å². The fourth-order valence-corrected chi connectivity index (χ4v) is 10.8. The lowest BCUT2D eigenvalue weighted by molar-refractivity contribution is -0.298. The van der Waals surface area contributed by atoms with Crippen LogP contribution in [0.3, 0.4) is 0 Å². The molecule has 13 heteroatoms. The van der Waals surface area contributed by atoms with Crippen molar-refractivity contribution in [1.29, 1.82) is 0 Å². The Hall–Kier alpha value is -1.16. The van der Waals surface area contributed by atoms with Crippen LogP contribution in [0.1, 0.15) is 309 Å². The predicted molar refractivity (Wildman–Crippen MR) is 301 cm³/mol. The number of carbonyl (C=O) groups excluding carboxylic acids is 1. The molecule has 1 rings (SSSR count). The van der Waals surface area contributed by atoms with Crippen LogP contribution in [0, 0.1) is 0 Å². The van der Waals surface area contributed by atoms with Crippen molar-refractivity contribution in [2.24, 2.45) is 0 Å². The van der Waals surface area contributed by atoms with E-state index < -0.39 is 59.9 Å². The Kier molecular flexibility index (Phi) is 48.2. The Morgan fingerprint density at radius 1 is 0.534 bits per heavy atom. The van der Waals surface area contributed by atoms with E-state index in [0.717, 1.165) is 51.4 Å². The van der Waals surface area contributed by atoms with Crippen LogP contribution in [0.2, 0.25) is 0 Å². The van der Waals surface area contributed by atoms with Gasteiger partial charge in [0.15, 0.2) is 6.29 Å². The zero-order valence-corrected chi connectivity index (χ0v) is 48.0. The number of nitrogens with one attached hydrogen (secondary N) is 1. The van der Waals surface area contributed by atoms with E-state index in [-0.39, 0.29) is 18.9 Å². The molecule has 7 unspecified atom stereocenters. The summed E-state index contributed by atoms with van der Waals surface area (Å²) < 4.78 is 48.0. The van der Waals surface area contributed by atoms with Crippen LogP contribution in [0.15, 0.2) is 12.2 Å². The SMILES string of the molecule is CCCCCCCCCCCC/C=C\CCCCCCCCCC(=O)NC(COC1OC(CO)C(O)C(OS(=O)(=O)O)C1O)C(O)CCCCCCCCCCCCCCCCCCCCCCCCCCC. The van der Waals surface area contributed by atoms with Crippen LogP contribution in [0.25, 0.3) is 0 Å². The van der Waals surface area contributed by atoms with Gasteiger partial charge in [0.05, 0.1) is 25.4 Å². The summed E-state index contributed by atoms with van der Waals surface area (Å²) in [5.41, 5.74) is 0. The summed E-state index contributed by atoms with van der Waals surface area (Å²) in [5.74, 6) is -0.228. The summed E-state index contributed by atoms with van der Waals surface area (Å²) in [5, 5.41) is 45.2. The summed E-state index contributed by atoms with van der Waals surface area (Å²) in [6.07, 6.45) is 52.2. The molecule has 0 radical (unpaired) electrons. The molecule has 1 fully saturated rings. The van der Waals surface area contributed by atoms with Crippen molar-refractivity contribution in [1.82, 2.24) is 5.32 Å². The molecule has 6 N–H and O–H groups in total. The third-order valence-electron chi connectivity index (χ3n) is 15.1. The van der Waals surface area contributed by atoms with Gasteiger partial charge in [-0.25, -0.2) is 4.18 Å². The number of amides is 1. The highest BCUT2D eigenvalue weighted by atomic mass is 32.3. The third kappa shape index (κ3) is 42.5. The van der Waals surface area contributed by atoms with Gasteiger partial charge in [0.25, 0.3) is 0 Å². The van der Waals surface area contributed by atoms with E-state index in [4.69, 9.17) is 9.47 Å². The van der Waals surface area contributed by atoms with Gasteiger partial charge < -0.3 is 35.2 Å². The normalized spacial score (nSPS) is 19.2. The lowest BCUT2D eigenvalue weighted by Crippen LogP contribution is -2.61. The van der Waals surface area contributed by atoms with Gasteiger partial charge in [-0.1, -0.05) is 276 Å². The van der Waals surface area contributed by atoms with Gasteiger partial charge in [-0.3, -0.25) is 9.35 Å². The van der Waals surface area contributed by atoms with E-state index in [1.807, 2.05) is 0 Å². The van der Waals surface area contributed by atoms with Gasteiger partial charge in [0, 0.05) is 6.42 Å². The first-order valence-electron chi connectivity index (χ1n) is 31.1. The summed E-state index contributed by atoms with van der Waals surface area (Å²) in [7, 11) is -5.08. The molecule has 0 bridgehead atoms. The quantitative estimate of drug-likeness (QED) is 0.0193. The standard InChI is InChI=1S/C60H117NO11S/c1-3-5-7-9-11-13-15-17-19-21-23-25-26-27-28-30-31-33-35-37-39-41-43-45-47-49-54(63)53(52-70-60-58(66)59(72-73(67,68)69)57(65)55(51-62)71-60)61-56(64)50-48-46-44-42-40-38-36-34-32-29-24-22-20-18-16-14-12-10-8-6-4-2/h29,32,53-55,57-60,62-63,65-66H,3-28,30-31,33-52H2,1-2H3,(H,61,64)(H,67,68,69)/b32-29-. The second-order valence-corrected chi connectivity index (χ2v) is 23.0. The van der Waals surface area contributed by atoms with Crippen molar-refractivity contribution in [2.75, 3.05) is 13.2 Å². The third-order valence-corrected chi connectivity index (χ3v) is 15.5. The Balaban J connectivity index is 2.31. The minimum Gasteiger partial charge on any atom is -0.394 e. The van der Waals surface area contributed by atoms with Gasteiger partial charge in [0.2, 0.25) is 5.91 Å². The zero-order chi connectivity index (χ0) is 53.3. The Morgan fingerprint density at radius 2 is 0.877 bits per heavy atom. The summed E-state index contributed by atoms with van der Waals surface area (Å²) in [6.45, 7) is 3.51. The number of aliphatic hydroxyl groups is 4. The molecule has 0 saturated carbocycles. The number of aliphatic hydroxyl groups excluding tert-OH is 4. The number of allylic oxidation sites excluding steroid dienone is 2. The summed E-state index contributed by atoms with van der Waals surface area (Å²) in [4.78, 5) is 13.2. The van der Waals surface area contributed by atoms with Crippen molar-refractivity contribution in [3.63, 3.8) is 0 Å². The van der Waals surface area contributed by atoms with E-state index in [9.17, 15) is 38.2 Å². The minimum atomic E-state index is -5.08. The first-order valence-corrected chi connectivity index (χ1v) is 32.4. The molecule has 1 amide bonds. The Labute approximate surface area is 449 Å². The van der Waals surface area contributed by atoms with E-state index in [0.29, 0.717) is 12.8 Å². The first-order chi connectivity index (χ1) is 35.5. The predicted octanol–water partition coefficient (Wildman–Crippen LogP) is 15.0. The molecule has 434 valence electrons. The van der Waals surface area contributed by atoms with E-state index in [2.05, 4.69) is 35.5 Å². The molecule has 7 atom stereocenters. The Morgan fingerprint density at radius 3 is 1.23 bits per heavy atom. The largest absolute Gasteiger partial charge is 0.397 e. The summed E-state index contributed by atoms with van der Waals surface area (Å²) in [6, 6.07) is -0.859. The highest BCUT2D eigenvalue weighted by Gasteiger charge is 2.48. The van der Waals surface area contributed by atoms with Gasteiger partial charge in [0.1, 0.15) is 24.4 Å². The number of unbranched alkanes of at least 4 members (excludes halogenated alkanes) is 41. The molecular weight excluding hydrogens is 943 g/mol. The zero-order valence-electron chi connectivity index (χ0n) is 47.2. The molecule has 0 aromatic heterocycles. The van der Waals surface area contributed by atoms with Crippen LogP contribution < -0.4 is 5.32 Å². The number of rotatable bonds is 55. The fraction of sp³-hybridized carbons (Fsp3) is 0.950. The molecule has 1 saturated heterocycles. The van der Waals surface area contributed by atoms with Gasteiger partial charge >= 0.3 is 10.4 Å². The van der Waals surface area contributed by atoms with E-state index >= 15 is 0 Å². The van der Waals surface area contributed by atoms with Crippen LogP contribution in [0.4, 0.5) is 0 Å². The van der Waals surface area contributed by atoms with Gasteiger partial charge in [-0.2, -0.15) is 8.42 Å². The molecule has 0 aliphatic carbocycles. The monoisotopic (exact) mass is 1060 g/mol. The molecule has 73 heavy (non-hydrogen) atoms. The highest BCUT2D eigenvalue weighted by Crippen LogP contribution is 2.26. The minimum absolute atomic E-state index is 0.228. The molecular formula is C60H117NO11S. The van der Waals surface area contributed by atoms with Crippen molar-refractivity contribution >= 4 is 16.3 Å². The van der Waals surface area contributed by atoms with E-state index in [1.54, 1.807) is 0 Å². The summed E-state index contributed by atoms with van der Waals surface area (Å²) >= 11 is 0. The maximum atomic E-state index is 13.2. The molecule has 0 aromatic rings. The van der Waals surface area contributed by atoms with Gasteiger partial charge in [-0.05, 0) is 38.5 Å². The Bertz CT molecular complexity index is 1340. The number of ether oxygens (including phenoxy) is 2. The van der Waals surface area contributed by atoms with Crippen LogP contribution in [0.5, 0.6) is 0 Å². The number of carbonyl (C=O) groups is 1. The van der Waals surface area contributed by atoms with Crippen molar-refractivity contribution in [2.45, 2.75) is 352 Å². The lowest BCUT2D eigenvalue weighted by atomic mass is 9.99. The highest BCUT2D eigenvalue weighted by molar-refractivity contribution is 7.80. The van der Waals surface area contributed by atoms with Crippen LogP contribution in [-0.2, 0) is 28.9 Å². The average molecular weight is 1060 g/mol. The smallest absolute Gasteiger partial charge is 0.394 e. The average Bonchev–Trinajstić information content (AvgIpc) is 3.37. The number of hydrogen-bond donors (Lipinski definition) is 6. The molecule has 1 aliphatic rings. The molecule has 0 aromatic carbocycles. The van der Waals surface area contributed by atoms with Crippen molar-refractivity contribution in [3.05, 3.63) is 12.2 Å². The lowest BCUT2D eigenvalue weighted by Gasteiger charge is -2.41. The second-order valence-electron chi connectivity index (χ2n) is 22.0. The number of hydrogen-bond acceptors (Lipinski definition) is 10. The van der Waals surface area contributed by atoms with Gasteiger partial charge in [-0.15, -0.1) is 0 Å². The second kappa shape index (κ2) is 50.4. The van der Waals surface area contributed by atoms with Crippen LogP contribution >= 0.6 is 0 Å². The van der Waals surface area contributed by atoms with Crippen molar-refractivity contribution in [3.8, 4) is 0 Å². The molecule has 1 heterocycles. The molecule has 12 nitrogen and oxygen atoms in total. The van der Waals surface area contributed by atoms with E-state index in [1.165, 1.54) is 225 Å².